The van der Waals surface area contributed by atoms with Gasteiger partial charge in [-0.1, -0.05) is 31.0 Å². The summed E-state index contributed by atoms with van der Waals surface area (Å²) in [6.07, 6.45) is 7.01. The van der Waals surface area contributed by atoms with E-state index < -0.39 is 6.04 Å². The highest BCUT2D eigenvalue weighted by Gasteiger charge is 2.47. The number of nitrogens with zero attached hydrogens (tertiary/aromatic N) is 1. The first-order chi connectivity index (χ1) is 17.6. The van der Waals surface area contributed by atoms with Crippen LogP contribution in [0.1, 0.15) is 55.3 Å². The molecule has 2 aliphatic heterocycles. The predicted molar refractivity (Wildman–Crippen MR) is 138 cm³/mol. The number of hydrogen-bond donors (Lipinski definition) is 3. The summed E-state index contributed by atoms with van der Waals surface area (Å²) in [5, 5.41) is 8.63. The SMILES string of the molecule is O=C(NCC1CCCO1)Nc1ccc(NC(=O)C2CC3CCCCC3N2C(=O)c2ccccc2)cc1. The van der Waals surface area contributed by atoms with Crippen molar-refractivity contribution < 1.29 is 19.1 Å². The second kappa shape index (κ2) is 11.1. The molecule has 3 N–H and O–H groups in total. The Hall–Kier alpha value is -3.39. The van der Waals surface area contributed by atoms with Crippen molar-refractivity contribution in [2.75, 3.05) is 23.8 Å². The Morgan fingerprint density at radius 3 is 2.31 bits per heavy atom. The summed E-state index contributed by atoms with van der Waals surface area (Å²) < 4.78 is 5.52. The fraction of sp³-hybridized carbons (Fsp3) is 0.464. The summed E-state index contributed by atoms with van der Waals surface area (Å²) in [7, 11) is 0. The molecule has 4 amide bonds. The van der Waals surface area contributed by atoms with Crippen LogP contribution in [0.4, 0.5) is 16.2 Å². The zero-order valence-corrected chi connectivity index (χ0v) is 20.4. The zero-order chi connectivity index (χ0) is 24.9. The molecule has 4 atom stereocenters. The third-order valence-corrected chi connectivity index (χ3v) is 7.57. The van der Waals surface area contributed by atoms with E-state index in [9.17, 15) is 14.4 Å². The van der Waals surface area contributed by atoms with Crippen LogP contribution in [-0.4, -0.2) is 54.1 Å². The average Bonchev–Trinajstić information content (AvgIpc) is 3.57. The van der Waals surface area contributed by atoms with E-state index >= 15 is 0 Å². The molecule has 4 unspecified atom stereocenters. The minimum atomic E-state index is -0.493. The fourth-order valence-corrected chi connectivity index (χ4v) is 5.77. The number of carbonyl (C=O) groups is 3. The van der Waals surface area contributed by atoms with Crippen molar-refractivity contribution in [3.05, 3.63) is 60.2 Å². The number of carbonyl (C=O) groups excluding carboxylic acids is 3. The number of urea groups is 1. The Kier molecular flexibility index (Phi) is 7.51. The van der Waals surface area contributed by atoms with Gasteiger partial charge in [0.1, 0.15) is 6.04 Å². The topological polar surface area (TPSA) is 99.8 Å². The van der Waals surface area contributed by atoms with Gasteiger partial charge < -0.3 is 25.6 Å². The highest BCUT2D eigenvalue weighted by atomic mass is 16.5. The number of likely N-dealkylation sites (tertiary alicyclic amines) is 1. The van der Waals surface area contributed by atoms with Gasteiger partial charge in [0.05, 0.1) is 6.10 Å². The average molecular weight is 491 g/mol. The number of nitrogens with one attached hydrogen (secondary N) is 3. The van der Waals surface area contributed by atoms with E-state index in [1.807, 2.05) is 35.2 Å². The van der Waals surface area contributed by atoms with Gasteiger partial charge in [-0.25, -0.2) is 4.79 Å². The Labute approximate surface area is 211 Å². The highest BCUT2D eigenvalue weighted by molar-refractivity contribution is 6.02. The molecular weight excluding hydrogens is 456 g/mol. The van der Waals surface area contributed by atoms with Gasteiger partial charge in [-0.3, -0.25) is 9.59 Å². The van der Waals surface area contributed by atoms with Crippen LogP contribution in [0.25, 0.3) is 0 Å². The maximum Gasteiger partial charge on any atom is 0.319 e. The molecule has 36 heavy (non-hydrogen) atoms. The van der Waals surface area contributed by atoms with Crippen molar-refractivity contribution >= 4 is 29.2 Å². The number of hydrogen-bond acceptors (Lipinski definition) is 4. The Balaban J connectivity index is 1.21. The molecule has 3 aliphatic rings. The van der Waals surface area contributed by atoms with Gasteiger partial charge in [0, 0.05) is 36.1 Å². The lowest BCUT2D eigenvalue weighted by Gasteiger charge is -2.33. The van der Waals surface area contributed by atoms with Crippen molar-refractivity contribution in [3.8, 4) is 0 Å². The molecule has 5 rings (SSSR count). The summed E-state index contributed by atoms with van der Waals surface area (Å²) in [5.74, 6) is 0.129. The van der Waals surface area contributed by atoms with E-state index in [0.29, 0.717) is 35.8 Å². The lowest BCUT2D eigenvalue weighted by atomic mass is 9.84. The maximum atomic E-state index is 13.4. The van der Waals surface area contributed by atoms with Crippen molar-refractivity contribution in [3.63, 3.8) is 0 Å². The predicted octanol–water partition coefficient (Wildman–Crippen LogP) is 4.40. The normalized spacial score (nSPS) is 25.2. The molecule has 2 aromatic carbocycles. The Morgan fingerprint density at radius 2 is 1.58 bits per heavy atom. The molecule has 190 valence electrons. The smallest absolute Gasteiger partial charge is 0.319 e. The zero-order valence-electron chi connectivity index (χ0n) is 20.4. The molecule has 0 radical (unpaired) electrons. The van der Waals surface area contributed by atoms with E-state index in [1.54, 1.807) is 24.3 Å². The molecular formula is C28H34N4O4. The van der Waals surface area contributed by atoms with Crippen LogP contribution in [-0.2, 0) is 9.53 Å². The first kappa shape index (κ1) is 24.3. The largest absolute Gasteiger partial charge is 0.376 e. The minimum absolute atomic E-state index is 0.0706. The molecule has 2 saturated heterocycles. The van der Waals surface area contributed by atoms with E-state index in [0.717, 1.165) is 45.1 Å². The molecule has 0 aromatic heterocycles. The summed E-state index contributed by atoms with van der Waals surface area (Å²) >= 11 is 0. The molecule has 1 aliphatic carbocycles. The van der Waals surface area contributed by atoms with E-state index in [1.165, 1.54) is 0 Å². The third kappa shape index (κ3) is 5.54. The van der Waals surface area contributed by atoms with Crippen LogP contribution in [0.2, 0.25) is 0 Å². The summed E-state index contributed by atoms with van der Waals surface area (Å²) in [4.78, 5) is 40.8. The van der Waals surface area contributed by atoms with Gasteiger partial charge in [0.15, 0.2) is 0 Å². The number of benzene rings is 2. The molecule has 8 nitrogen and oxygen atoms in total. The van der Waals surface area contributed by atoms with Crippen molar-refractivity contribution in [2.45, 2.75) is 63.1 Å². The van der Waals surface area contributed by atoms with Crippen molar-refractivity contribution in [1.82, 2.24) is 10.2 Å². The molecule has 3 fully saturated rings. The van der Waals surface area contributed by atoms with Crippen molar-refractivity contribution in [1.29, 1.82) is 0 Å². The summed E-state index contributed by atoms with van der Waals surface area (Å²) in [6, 6.07) is 15.6. The molecule has 0 bridgehead atoms. The van der Waals surface area contributed by atoms with Gasteiger partial charge in [0.2, 0.25) is 5.91 Å². The Bertz CT molecular complexity index is 1070. The number of ether oxygens (including phenoxy) is 1. The molecule has 2 aromatic rings. The van der Waals surface area contributed by atoms with E-state index in [4.69, 9.17) is 4.74 Å². The maximum absolute atomic E-state index is 13.4. The number of amides is 4. The van der Waals surface area contributed by atoms with E-state index in [-0.39, 0.29) is 30.0 Å². The van der Waals surface area contributed by atoms with Crippen molar-refractivity contribution in [2.24, 2.45) is 5.92 Å². The van der Waals surface area contributed by atoms with Gasteiger partial charge >= 0.3 is 6.03 Å². The highest BCUT2D eigenvalue weighted by Crippen LogP contribution is 2.40. The van der Waals surface area contributed by atoms with Crippen LogP contribution >= 0.6 is 0 Å². The minimum Gasteiger partial charge on any atom is -0.376 e. The second-order valence-corrected chi connectivity index (χ2v) is 9.98. The lowest BCUT2D eigenvalue weighted by Crippen LogP contribution is -2.47. The third-order valence-electron chi connectivity index (χ3n) is 7.57. The van der Waals surface area contributed by atoms with Crippen LogP contribution < -0.4 is 16.0 Å². The van der Waals surface area contributed by atoms with Crippen LogP contribution in [0.15, 0.2) is 54.6 Å². The van der Waals surface area contributed by atoms with E-state index in [2.05, 4.69) is 16.0 Å². The molecule has 1 saturated carbocycles. The van der Waals surface area contributed by atoms with Gasteiger partial charge in [0.25, 0.3) is 5.91 Å². The number of anilines is 2. The quantitative estimate of drug-likeness (QED) is 0.559. The Morgan fingerprint density at radius 1 is 0.861 bits per heavy atom. The van der Waals surface area contributed by atoms with Gasteiger partial charge in [-0.2, -0.15) is 0 Å². The molecule has 8 heteroatoms. The number of fused-ring (bicyclic) bond motifs is 1. The molecule has 2 heterocycles. The van der Waals surface area contributed by atoms with Crippen LogP contribution in [0, 0.1) is 5.92 Å². The lowest BCUT2D eigenvalue weighted by molar-refractivity contribution is -0.120. The van der Waals surface area contributed by atoms with Crippen LogP contribution in [0.5, 0.6) is 0 Å². The summed E-state index contributed by atoms with van der Waals surface area (Å²) in [5.41, 5.74) is 1.88. The first-order valence-corrected chi connectivity index (χ1v) is 13.0. The summed E-state index contributed by atoms with van der Waals surface area (Å²) in [6.45, 7) is 1.24. The van der Waals surface area contributed by atoms with Crippen LogP contribution in [0.3, 0.4) is 0 Å². The number of rotatable bonds is 6. The fourth-order valence-electron chi connectivity index (χ4n) is 5.77. The first-order valence-electron chi connectivity index (χ1n) is 13.0. The molecule has 0 spiro atoms. The monoisotopic (exact) mass is 490 g/mol. The van der Waals surface area contributed by atoms with Gasteiger partial charge in [-0.05, 0) is 74.4 Å². The standard InChI is InChI=1S/C28H34N4O4/c33-26(30-21-12-14-22(15-13-21)31-28(35)29-18-23-10-6-16-36-23)25-17-20-9-4-5-11-24(20)32(25)27(34)19-7-2-1-3-8-19/h1-3,7-8,12-15,20,23-25H,4-6,9-11,16-18H2,(H,30,33)(H2,29,31,35). The second-order valence-electron chi connectivity index (χ2n) is 9.98. The van der Waals surface area contributed by atoms with Gasteiger partial charge in [-0.15, -0.1) is 0 Å².